The van der Waals surface area contributed by atoms with Crippen LogP contribution in [0, 0.1) is 6.92 Å². The molecule has 0 fully saturated rings. The minimum Gasteiger partial charge on any atom is -0.478 e. The molecule has 0 aliphatic heterocycles. The van der Waals surface area contributed by atoms with Crippen LogP contribution in [0.4, 0.5) is 5.69 Å². The highest BCUT2D eigenvalue weighted by molar-refractivity contribution is 5.88. The zero-order valence-electron chi connectivity index (χ0n) is 11.8. The highest BCUT2D eigenvalue weighted by Crippen LogP contribution is 2.12. The van der Waals surface area contributed by atoms with Gasteiger partial charge in [-0.2, -0.15) is 0 Å². The van der Waals surface area contributed by atoms with E-state index in [9.17, 15) is 9.59 Å². The molecule has 0 aliphatic carbocycles. The van der Waals surface area contributed by atoms with E-state index in [0.717, 1.165) is 0 Å². The van der Waals surface area contributed by atoms with E-state index in [1.54, 1.807) is 37.3 Å². The molecule has 3 aromatic rings. The molecular weight excluding hydrogens is 282 g/mol. The van der Waals surface area contributed by atoms with Gasteiger partial charge in [0, 0.05) is 0 Å². The maximum absolute atomic E-state index is 12.5. The number of fused-ring (bicyclic) bond motifs is 1. The summed E-state index contributed by atoms with van der Waals surface area (Å²) in [6.45, 7) is 1.71. The van der Waals surface area contributed by atoms with Gasteiger partial charge in [-0.05, 0) is 37.3 Å². The molecule has 22 heavy (non-hydrogen) atoms. The van der Waals surface area contributed by atoms with Crippen LogP contribution in [-0.2, 0) is 0 Å². The molecule has 0 amide bonds. The van der Waals surface area contributed by atoms with Gasteiger partial charge in [0.2, 0.25) is 0 Å². The topological polar surface area (TPSA) is 84.2 Å². The summed E-state index contributed by atoms with van der Waals surface area (Å²) in [7, 11) is 0. The van der Waals surface area contributed by atoms with Crippen LogP contribution in [0.2, 0.25) is 0 Å². The van der Waals surface area contributed by atoms with E-state index >= 15 is 0 Å². The fourth-order valence-corrected chi connectivity index (χ4v) is 2.23. The summed E-state index contributed by atoms with van der Waals surface area (Å²) < 4.78 is 1.31. The lowest BCUT2D eigenvalue weighted by Crippen LogP contribution is -2.29. The Bertz CT molecular complexity index is 931. The number of aromatic carboxylic acids is 1. The second-order valence-corrected chi connectivity index (χ2v) is 4.81. The SMILES string of the molecule is Cc1nc2ccccc2c(=O)n1Nc1cccc(C(=O)O)c1. The predicted molar refractivity (Wildman–Crippen MR) is 83.2 cm³/mol. The molecule has 0 atom stereocenters. The minimum atomic E-state index is -1.02. The van der Waals surface area contributed by atoms with E-state index in [-0.39, 0.29) is 11.1 Å². The Morgan fingerprint density at radius 2 is 1.95 bits per heavy atom. The number of carboxylic acids is 1. The number of carboxylic acid groups (broad SMARTS) is 1. The molecule has 0 radical (unpaired) electrons. The lowest BCUT2D eigenvalue weighted by molar-refractivity contribution is 0.0697. The standard InChI is InChI=1S/C16H13N3O3/c1-10-17-14-8-3-2-7-13(14)15(20)19(10)18-12-6-4-5-11(9-12)16(21)22/h2-9,18H,1H3,(H,21,22). The Labute approximate surface area is 125 Å². The van der Waals surface area contributed by atoms with E-state index in [1.807, 2.05) is 6.07 Å². The first kappa shape index (κ1) is 13.8. The summed E-state index contributed by atoms with van der Waals surface area (Å²) in [6.07, 6.45) is 0. The van der Waals surface area contributed by atoms with Crippen molar-refractivity contribution in [2.24, 2.45) is 0 Å². The lowest BCUT2D eigenvalue weighted by atomic mass is 10.2. The molecule has 6 heteroatoms. The molecule has 0 unspecified atom stereocenters. The van der Waals surface area contributed by atoms with Crippen molar-refractivity contribution in [3.05, 3.63) is 70.3 Å². The normalized spacial score (nSPS) is 10.6. The maximum Gasteiger partial charge on any atom is 0.335 e. The number of rotatable bonds is 3. The summed E-state index contributed by atoms with van der Waals surface area (Å²) in [6, 6.07) is 13.3. The van der Waals surface area contributed by atoms with Gasteiger partial charge < -0.3 is 5.11 Å². The number of hydrogen-bond acceptors (Lipinski definition) is 4. The molecule has 0 saturated heterocycles. The molecule has 0 aliphatic rings. The Morgan fingerprint density at radius 3 is 2.73 bits per heavy atom. The average Bonchev–Trinajstić information content (AvgIpc) is 2.52. The summed E-state index contributed by atoms with van der Waals surface area (Å²) >= 11 is 0. The highest BCUT2D eigenvalue weighted by Gasteiger charge is 2.09. The Morgan fingerprint density at radius 1 is 1.18 bits per heavy atom. The van der Waals surface area contributed by atoms with Crippen LogP contribution in [-0.4, -0.2) is 20.7 Å². The number of aromatic nitrogens is 2. The van der Waals surface area contributed by atoms with Crippen LogP contribution in [0.15, 0.2) is 53.3 Å². The molecule has 1 aromatic heterocycles. The average molecular weight is 295 g/mol. The molecule has 0 bridgehead atoms. The van der Waals surface area contributed by atoms with Gasteiger partial charge in [0.25, 0.3) is 5.56 Å². The van der Waals surface area contributed by atoms with Crippen LogP contribution in [0.3, 0.4) is 0 Å². The molecule has 2 aromatic carbocycles. The van der Waals surface area contributed by atoms with Gasteiger partial charge in [-0.15, -0.1) is 0 Å². The molecule has 0 saturated carbocycles. The summed E-state index contributed by atoms with van der Waals surface area (Å²) in [5.74, 6) is -0.534. The number of aryl methyl sites for hydroxylation is 1. The van der Waals surface area contributed by atoms with Crippen LogP contribution in [0.25, 0.3) is 10.9 Å². The number of anilines is 1. The third kappa shape index (κ3) is 2.42. The third-order valence-corrected chi connectivity index (χ3v) is 3.29. The predicted octanol–water partition coefficient (Wildman–Crippen LogP) is 2.28. The number of para-hydroxylation sites is 1. The van der Waals surface area contributed by atoms with Crippen molar-refractivity contribution in [3.8, 4) is 0 Å². The van der Waals surface area contributed by atoms with Crippen molar-refractivity contribution in [1.29, 1.82) is 0 Å². The van der Waals surface area contributed by atoms with Crippen molar-refractivity contribution in [2.45, 2.75) is 6.92 Å². The number of nitrogens with zero attached hydrogens (tertiary/aromatic N) is 2. The van der Waals surface area contributed by atoms with Gasteiger partial charge in [0.15, 0.2) is 0 Å². The zero-order chi connectivity index (χ0) is 15.7. The van der Waals surface area contributed by atoms with Crippen LogP contribution in [0.5, 0.6) is 0 Å². The Balaban J connectivity index is 2.09. The van der Waals surface area contributed by atoms with Crippen LogP contribution < -0.4 is 11.0 Å². The number of hydrogen-bond donors (Lipinski definition) is 2. The van der Waals surface area contributed by atoms with Gasteiger partial charge in [0.1, 0.15) is 5.82 Å². The van der Waals surface area contributed by atoms with E-state index < -0.39 is 5.97 Å². The molecule has 0 spiro atoms. The zero-order valence-corrected chi connectivity index (χ0v) is 11.8. The van der Waals surface area contributed by atoms with E-state index in [2.05, 4.69) is 10.4 Å². The Kier molecular flexibility index (Phi) is 3.34. The Hall–Kier alpha value is -3.15. The van der Waals surface area contributed by atoms with Crippen molar-refractivity contribution in [2.75, 3.05) is 5.43 Å². The summed E-state index contributed by atoms with van der Waals surface area (Å²) in [4.78, 5) is 27.9. The van der Waals surface area contributed by atoms with Crippen molar-refractivity contribution in [3.63, 3.8) is 0 Å². The van der Waals surface area contributed by atoms with Crippen molar-refractivity contribution in [1.82, 2.24) is 9.66 Å². The first-order valence-corrected chi connectivity index (χ1v) is 6.65. The molecule has 110 valence electrons. The van der Waals surface area contributed by atoms with Crippen molar-refractivity contribution < 1.29 is 9.90 Å². The molecule has 2 N–H and O–H groups in total. The van der Waals surface area contributed by atoms with Crippen molar-refractivity contribution >= 4 is 22.6 Å². The first-order chi connectivity index (χ1) is 10.6. The fraction of sp³-hybridized carbons (Fsp3) is 0.0625. The smallest absolute Gasteiger partial charge is 0.335 e. The van der Waals surface area contributed by atoms with Gasteiger partial charge in [0.05, 0.1) is 22.2 Å². The van der Waals surface area contributed by atoms with Gasteiger partial charge in [-0.25, -0.2) is 14.5 Å². The lowest BCUT2D eigenvalue weighted by Gasteiger charge is -2.13. The quantitative estimate of drug-likeness (QED) is 0.774. The second kappa shape index (κ2) is 5.33. The molecule has 1 heterocycles. The maximum atomic E-state index is 12.5. The number of nitrogens with one attached hydrogen (secondary N) is 1. The minimum absolute atomic E-state index is 0.143. The van der Waals surface area contributed by atoms with Crippen LogP contribution >= 0.6 is 0 Å². The molecule has 3 rings (SSSR count). The van der Waals surface area contributed by atoms with E-state index in [0.29, 0.717) is 22.4 Å². The van der Waals surface area contributed by atoms with Gasteiger partial charge in [-0.1, -0.05) is 18.2 Å². The third-order valence-electron chi connectivity index (χ3n) is 3.29. The number of benzene rings is 2. The summed E-state index contributed by atoms with van der Waals surface area (Å²) in [5.41, 5.74) is 3.95. The van der Waals surface area contributed by atoms with Crippen LogP contribution in [0.1, 0.15) is 16.2 Å². The molecular formula is C16H13N3O3. The van der Waals surface area contributed by atoms with E-state index in [1.165, 1.54) is 16.8 Å². The number of carbonyl (C=O) groups is 1. The monoisotopic (exact) mass is 295 g/mol. The summed E-state index contributed by atoms with van der Waals surface area (Å²) in [5, 5.41) is 9.51. The fourth-order valence-electron chi connectivity index (χ4n) is 2.23. The van der Waals surface area contributed by atoms with Gasteiger partial charge in [-0.3, -0.25) is 10.2 Å². The second-order valence-electron chi connectivity index (χ2n) is 4.81. The van der Waals surface area contributed by atoms with E-state index in [4.69, 9.17) is 5.11 Å². The van der Waals surface area contributed by atoms with Gasteiger partial charge >= 0.3 is 5.97 Å². The highest BCUT2D eigenvalue weighted by atomic mass is 16.4. The molecule has 6 nitrogen and oxygen atoms in total. The first-order valence-electron chi connectivity index (χ1n) is 6.65. The largest absolute Gasteiger partial charge is 0.478 e.